The lowest BCUT2D eigenvalue weighted by molar-refractivity contribution is 0.102. The maximum atomic E-state index is 12.1. The highest BCUT2D eigenvalue weighted by molar-refractivity contribution is 9.10. The third-order valence-electron chi connectivity index (χ3n) is 2.41. The van der Waals surface area contributed by atoms with E-state index in [-0.39, 0.29) is 5.91 Å². The molecule has 0 bridgehead atoms. The van der Waals surface area contributed by atoms with Crippen LogP contribution in [0.5, 0.6) is 0 Å². The van der Waals surface area contributed by atoms with E-state index in [4.69, 9.17) is 0 Å². The minimum atomic E-state index is -0.195. The molecule has 0 radical (unpaired) electrons. The molecule has 1 amide bonds. The van der Waals surface area contributed by atoms with Crippen molar-refractivity contribution in [2.24, 2.45) is 0 Å². The lowest BCUT2D eigenvalue weighted by Gasteiger charge is -2.09. The summed E-state index contributed by atoms with van der Waals surface area (Å²) in [5, 5.41) is 5.73. The molecule has 5 heteroatoms. The molecule has 0 atom stereocenters. The number of pyridine rings is 1. The van der Waals surface area contributed by atoms with Crippen molar-refractivity contribution in [1.82, 2.24) is 4.98 Å². The van der Waals surface area contributed by atoms with Crippen molar-refractivity contribution in [1.29, 1.82) is 0 Å². The van der Waals surface area contributed by atoms with Crippen LogP contribution in [0.4, 0.5) is 11.5 Å². The molecule has 18 heavy (non-hydrogen) atoms. The van der Waals surface area contributed by atoms with E-state index in [1.165, 1.54) is 0 Å². The molecular weight excluding hydrogens is 294 g/mol. The Kier molecular flexibility index (Phi) is 3.94. The van der Waals surface area contributed by atoms with Crippen LogP contribution in [0.3, 0.4) is 0 Å². The standard InChI is InChI=1S/C13H12BrN3O/c1-15-12-9(5-4-8-16-12)13(18)17-11-7-3-2-6-10(11)14/h2-8H,1H3,(H,15,16)(H,17,18). The molecule has 0 aliphatic carbocycles. The number of carbonyl (C=O) groups is 1. The molecule has 2 rings (SSSR count). The van der Waals surface area contributed by atoms with E-state index in [1.54, 1.807) is 25.4 Å². The van der Waals surface area contributed by atoms with Gasteiger partial charge in [-0.1, -0.05) is 12.1 Å². The maximum absolute atomic E-state index is 12.1. The highest BCUT2D eigenvalue weighted by Gasteiger charge is 2.12. The first-order chi connectivity index (χ1) is 8.72. The number of hydrogen-bond acceptors (Lipinski definition) is 3. The molecule has 92 valence electrons. The smallest absolute Gasteiger partial charge is 0.259 e. The number of carbonyl (C=O) groups excluding carboxylic acids is 1. The fraction of sp³-hybridized carbons (Fsp3) is 0.0769. The zero-order chi connectivity index (χ0) is 13.0. The van der Waals surface area contributed by atoms with E-state index in [9.17, 15) is 4.79 Å². The van der Waals surface area contributed by atoms with Gasteiger partial charge < -0.3 is 10.6 Å². The molecule has 0 spiro atoms. The highest BCUT2D eigenvalue weighted by Crippen LogP contribution is 2.22. The van der Waals surface area contributed by atoms with E-state index in [0.717, 1.165) is 10.2 Å². The van der Waals surface area contributed by atoms with Crippen LogP contribution < -0.4 is 10.6 Å². The van der Waals surface area contributed by atoms with E-state index in [0.29, 0.717) is 11.4 Å². The predicted molar refractivity (Wildman–Crippen MR) is 75.9 cm³/mol. The zero-order valence-corrected chi connectivity index (χ0v) is 11.4. The van der Waals surface area contributed by atoms with Gasteiger partial charge in [0.2, 0.25) is 0 Å². The molecule has 1 aromatic heterocycles. The summed E-state index contributed by atoms with van der Waals surface area (Å²) in [4.78, 5) is 16.2. The first kappa shape index (κ1) is 12.6. The van der Waals surface area contributed by atoms with Gasteiger partial charge in [0.25, 0.3) is 5.91 Å². The molecule has 2 N–H and O–H groups in total. The Hall–Kier alpha value is -1.88. The lowest BCUT2D eigenvalue weighted by Crippen LogP contribution is -2.14. The number of benzene rings is 1. The second kappa shape index (κ2) is 5.64. The highest BCUT2D eigenvalue weighted by atomic mass is 79.9. The summed E-state index contributed by atoms with van der Waals surface area (Å²) in [5.41, 5.74) is 1.24. The fourth-order valence-corrected chi connectivity index (χ4v) is 1.92. The summed E-state index contributed by atoms with van der Waals surface area (Å²) in [6, 6.07) is 10.9. The van der Waals surface area contributed by atoms with Crippen LogP contribution in [-0.4, -0.2) is 17.9 Å². The molecule has 0 saturated carbocycles. The minimum absolute atomic E-state index is 0.195. The number of aromatic nitrogens is 1. The summed E-state index contributed by atoms with van der Waals surface area (Å²) in [6.45, 7) is 0. The normalized spacial score (nSPS) is 9.89. The van der Waals surface area contributed by atoms with Crippen molar-refractivity contribution in [2.45, 2.75) is 0 Å². The van der Waals surface area contributed by atoms with Gasteiger partial charge in [-0.25, -0.2) is 4.98 Å². The van der Waals surface area contributed by atoms with Crippen LogP contribution in [0.2, 0.25) is 0 Å². The summed E-state index contributed by atoms with van der Waals surface area (Å²) < 4.78 is 0.841. The zero-order valence-electron chi connectivity index (χ0n) is 9.77. The number of halogens is 1. The monoisotopic (exact) mass is 305 g/mol. The maximum Gasteiger partial charge on any atom is 0.259 e. The first-order valence-corrected chi connectivity index (χ1v) is 6.20. The van der Waals surface area contributed by atoms with E-state index >= 15 is 0 Å². The van der Waals surface area contributed by atoms with E-state index in [1.807, 2.05) is 24.3 Å². The van der Waals surface area contributed by atoms with Crippen LogP contribution in [0.15, 0.2) is 47.1 Å². The van der Waals surface area contributed by atoms with Gasteiger partial charge in [-0.3, -0.25) is 4.79 Å². The number of nitrogens with zero attached hydrogens (tertiary/aromatic N) is 1. The Morgan fingerprint density at radius 3 is 2.72 bits per heavy atom. The Morgan fingerprint density at radius 2 is 2.00 bits per heavy atom. The molecular formula is C13H12BrN3O. The van der Waals surface area contributed by atoms with Gasteiger partial charge in [0.15, 0.2) is 0 Å². The second-order valence-electron chi connectivity index (χ2n) is 3.58. The number of rotatable bonds is 3. The van der Waals surface area contributed by atoms with Gasteiger partial charge in [-0.05, 0) is 40.2 Å². The molecule has 4 nitrogen and oxygen atoms in total. The Balaban J connectivity index is 2.25. The van der Waals surface area contributed by atoms with Crippen molar-refractivity contribution in [2.75, 3.05) is 17.7 Å². The van der Waals surface area contributed by atoms with Crippen molar-refractivity contribution in [3.63, 3.8) is 0 Å². The Labute approximate surface area is 114 Å². The summed E-state index contributed by atoms with van der Waals surface area (Å²) in [6.07, 6.45) is 1.64. The molecule has 0 fully saturated rings. The molecule has 0 saturated heterocycles. The topological polar surface area (TPSA) is 54.0 Å². The van der Waals surface area contributed by atoms with Crippen molar-refractivity contribution in [3.05, 3.63) is 52.6 Å². The van der Waals surface area contributed by atoms with E-state index in [2.05, 4.69) is 31.5 Å². The second-order valence-corrected chi connectivity index (χ2v) is 4.44. The summed E-state index contributed by atoms with van der Waals surface area (Å²) in [7, 11) is 1.73. The summed E-state index contributed by atoms with van der Waals surface area (Å²) in [5.74, 6) is 0.362. The van der Waals surface area contributed by atoms with E-state index < -0.39 is 0 Å². The van der Waals surface area contributed by atoms with Gasteiger partial charge in [-0.15, -0.1) is 0 Å². The molecule has 1 heterocycles. The average Bonchev–Trinajstić information content (AvgIpc) is 2.41. The number of anilines is 2. The van der Waals surface area contributed by atoms with Crippen LogP contribution in [-0.2, 0) is 0 Å². The van der Waals surface area contributed by atoms with Crippen molar-refractivity contribution >= 4 is 33.3 Å². The molecule has 0 unspecified atom stereocenters. The van der Waals surface area contributed by atoms with Crippen LogP contribution in [0.25, 0.3) is 0 Å². The quantitative estimate of drug-likeness (QED) is 0.916. The third kappa shape index (κ3) is 2.68. The van der Waals surface area contributed by atoms with Gasteiger partial charge in [0, 0.05) is 17.7 Å². The molecule has 0 aliphatic heterocycles. The Morgan fingerprint density at radius 1 is 1.22 bits per heavy atom. The molecule has 1 aromatic carbocycles. The predicted octanol–water partition coefficient (Wildman–Crippen LogP) is 3.14. The largest absolute Gasteiger partial charge is 0.372 e. The number of amides is 1. The number of para-hydroxylation sites is 1. The molecule has 0 aliphatic rings. The van der Waals surface area contributed by atoms with Gasteiger partial charge in [-0.2, -0.15) is 0 Å². The SMILES string of the molecule is CNc1ncccc1C(=O)Nc1ccccc1Br. The van der Waals surface area contributed by atoms with Gasteiger partial charge in [0.1, 0.15) is 5.82 Å². The van der Waals surface area contributed by atoms with Crippen molar-refractivity contribution in [3.8, 4) is 0 Å². The Bertz CT molecular complexity index is 572. The minimum Gasteiger partial charge on any atom is -0.372 e. The lowest BCUT2D eigenvalue weighted by atomic mass is 10.2. The first-order valence-electron chi connectivity index (χ1n) is 5.41. The van der Waals surface area contributed by atoms with Crippen LogP contribution in [0, 0.1) is 0 Å². The number of nitrogens with one attached hydrogen (secondary N) is 2. The average molecular weight is 306 g/mol. The summed E-state index contributed by atoms with van der Waals surface area (Å²) >= 11 is 3.39. The number of hydrogen-bond donors (Lipinski definition) is 2. The van der Waals surface area contributed by atoms with Crippen LogP contribution in [0.1, 0.15) is 10.4 Å². The van der Waals surface area contributed by atoms with Crippen molar-refractivity contribution < 1.29 is 4.79 Å². The van der Waals surface area contributed by atoms with Gasteiger partial charge >= 0.3 is 0 Å². The fourth-order valence-electron chi connectivity index (χ4n) is 1.54. The molecule has 2 aromatic rings. The third-order valence-corrected chi connectivity index (χ3v) is 3.10. The van der Waals surface area contributed by atoms with Crippen LogP contribution >= 0.6 is 15.9 Å². The van der Waals surface area contributed by atoms with Gasteiger partial charge in [0.05, 0.1) is 11.3 Å².